The summed E-state index contributed by atoms with van der Waals surface area (Å²) in [4.78, 5) is 0. The number of hydrogen-bond acceptors (Lipinski definition) is 3. The molecule has 98 valence electrons. The molecule has 2 nitrogen and oxygen atoms in total. The van der Waals surface area contributed by atoms with Gasteiger partial charge in [0.05, 0.1) is 12.2 Å². The summed E-state index contributed by atoms with van der Waals surface area (Å²) in [5.74, 6) is 1.31. The maximum atomic E-state index is 5.62. The standard InChI is InChI=1S/C13H29NOS/c1-13(2,3)15-11-10-14-9-7-5-6-8-12-16-4/h14H,5-12H2,1-4H3. The molecule has 0 radical (unpaired) electrons. The summed E-state index contributed by atoms with van der Waals surface area (Å²) < 4.78 is 5.62. The Morgan fingerprint density at radius 2 is 1.69 bits per heavy atom. The summed E-state index contributed by atoms with van der Waals surface area (Å²) >= 11 is 1.95. The summed E-state index contributed by atoms with van der Waals surface area (Å²) in [5, 5.41) is 3.42. The molecule has 0 rings (SSSR count). The van der Waals surface area contributed by atoms with E-state index in [9.17, 15) is 0 Å². The second-order valence-electron chi connectivity index (χ2n) is 5.12. The molecule has 3 heteroatoms. The quantitative estimate of drug-likeness (QED) is 0.598. The normalized spacial score (nSPS) is 12.0. The van der Waals surface area contributed by atoms with Crippen LogP contribution in [0.2, 0.25) is 0 Å². The third-order valence-electron chi connectivity index (χ3n) is 2.27. The molecule has 0 heterocycles. The molecule has 0 aromatic heterocycles. The first-order valence-electron chi connectivity index (χ1n) is 6.40. The molecule has 0 aliphatic carbocycles. The maximum Gasteiger partial charge on any atom is 0.0599 e. The van der Waals surface area contributed by atoms with Crippen LogP contribution in [-0.2, 0) is 4.74 Å². The molecule has 0 fully saturated rings. The third kappa shape index (κ3) is 14.3. The highest BCUT2D eigenvalue weighted by molar-refractivity contribution is 7.98. The second kappa shape index (κ2) is 10.4. The minimum absolute atomic E-state index is 0.000497. The Kier molecular flexibility index (Phi) is 10.6. The Bertz CT molecular complexity index is 145. The van der Waals surface area contributed by atoms with Crippen molar-refractivity contribution in [2.24, 2.45) is 0 Å². The number of ether oxygens (including phenoxy) is 1. The lowest BCUT2D eigenvalue weighted by atomic mass is 10.2. The van der Waals surface area contributed by atoms with Crippen molar-refractivity contribution in [1.82, 2.24) is 5.32 Å². The molecule has 0 saturated heterocycles. The molecule has 0 amide bonds. The van der Waals surface area contributed by atoms with Crippen LogP contribution in [0, 0.1) is 0 Å². The van der Waals surface area contributed by atoms with Gasteiger partial charge in [-0.1, -0.05) is 12.8 Å². The van der Waals surface area contributed by atoms with Gasteiger partial charge in [-0.15, -0.1) is 0 Å². The van der Waals surface area contributed by atoms with Crippen molar-refractivity contribution in [2.75, 3.05) is 31.7 Å². The third-order valence-corrected chi connectivity index (χ3v) is 2.96. The monoisotopic (exact) mass is 247 g/mol. The number of nitrogens with one attached hydrogen (secondary N) is 1. The first-order chi connectivity index (χ1) is 7.56. The van der Waals surface area contributed by atoms with E-state index in [4.69, 9.17) is 4.74 Å². The minimum Gasteiger partial charge on any atom is -0.375 e. The lowest BCUT2D eigenvalue weighted by Crippen LogP contribution is -2.27. The van der Waals surface area contributed by atoms with E-state index in [1.54, 1.807) is 0 Å². The van der Waals surface area contributed by atoms with E-state index >= 15 is 0 Å². The zero-order valence-corrected chi connectivity index (χ0v) is 12.3. The van der Waals surface area contributed by atoms with Crippen LogP contribution in [0.3, 0.4) is 0 Å². The van der Waals surface area contributed by atoms with Crippen LogP contribution in [-0.4, -0.2) is 37.3 Å². The highest BCUT2D eigenvalue weighted by Crippen LogP contribution is 2.05. The smallest absolute Gasteiger partial charge is 0.0599 e. The van der Waals surface area contributed by atoms with Crippen LogP contribution < -0.4 is 5.32 Å². The molecule has 0 atom stereocenters. The SMILES string of the molecule is CSCCCCCCNCCOC(C)(C)C. The van der Waals surface area contributed by atoms with Gasteiger partial charge in [0.15, 0.2) is 0 Å². The van der Waals surface area contributed by atoms with Crippen LogP contribution in [0.25, 0.3) is 0 Å². The molecule has 16 heavy (non-hydrogen) atoms. The van der Waals surface area contributed by atoms with Crippen LogP contribution in [0.1, 0.15) is 46.5 Å². The Balaban J connectivity index is 2.99. The van der Waals surface area contributed by atoms with Crippen LogP contribution in [0.15, 0.2) is 0 Å². The van der Waals surface area contributed by atoms with Gasteiger partial charge in [-0.3, -0.25) is 0 Å². The van der Waals surface area contributed by atoms with Crippen molar-refractivity contribution in [2.45, 2.75) is 52.1 Å². The van der Waals surface area contributed by atoms with Gasteiger partial charge in [-0.25, -0.2) is 0 Å². The molecule has 0 saturated carbocycles. The van der Waals surface area contributed by atoms with Crippen LogP contribution >= 0.6 is 11.8 Å². The van der Waals surface area contributed by atoms with Crippen LogP contribution in [0.4, 0.5) is 0 Å². The van der Waals surface area contributed by atoms with Crippen LogP contribution in [0.5, 0.6) is 0 Å². The Morgan fingerprint density at radius 3 is 2.31 bits per heavy atom. The van der Waals surface area contributed by atoms with E-state index in [-0.39, 0.29) is 5.60 Å². The predicted molar refractivity (Wildman–Crippen MR) is 75.4 cm³/mol. The molecule has 1 N–H and O–H groups in total. The highest BCUT2D eigenvalue weighted by Gasteiger charge is 2.08. The minimum atomic E-state index is -0.000497. The summed E-state index contributed by atoms with van der Waals surface area (Å²) in [5.41, 5.74) is -0.000497. The van der Waals surface area contributed by atoms with Gasteiger partial charge in [0, 0.05) is 6.54 Å². The Morgan fingerprint density at radius 1 is 1.00 bits per heavy atom. The first-order valence-corrected chi connectivity index (χ1v) is 7.79. The predicted octanol–water partition coefficient (Wildman–Crippen LogP) is 3.31. The van der Waals surface area contributed by atoms with Crippen molar-refractivity contribution in [1.29, 1.82) is 0 Å². The molecule has 0 aromatic rings. The van der Waals surface area contributed by atoms with Crippen molar-refractivity contribution in [3.8, 4) is 0 Å². The van der Waals surface area contributed by atoms with Gasteiger partial charge < -0.3 is 10.1 Å². The van der Waals surface area contributed by atoms with Gasteiger partial charge in [0.2, 0.25) is 0 Å². The lowest BCUT2D eigenvalue weighted by Gasteiger charge is -2.19. The number of unbranched alkanes of at least 4 members (excludes halogenated alkanes) is 3. The van der Waals surface area contributed by atoms with Crippen molar-refractivity contribution in [3.63, 3.8) is 0 Å². The molecule has 0 aliphatic rings. The molecule has 0 bridgehead atoms. The maximum absolute atomic E-state index is 5.62. The Labute approximate surface area is 106 Å². The van der Waals surface area contributed by atoms with Gasteiger partial charge in [0.1, 0.15) is 0 Å². The molecular formula is C13H29NOS. The van der Waals surface area contributed by atoms with E-state index in [0.717, 1.165) is 19.7 Å². The largest absolute Gasteiger partial charge is 0.375 e. The summed E-state index contributed by atoms with van der Waals surface area (Å²) in [6, 6.07) is 0. The lowest BCUT2D eigenvalue weighted by molar-refractivity contribution is -0.000757. The van der Waals surface area contributed by atoms with E-state index in [0.29, 0.717) is 0 Å². The Hall–Kier alpha value is 0.270. The van der Waals surface area contributed by atoms with Crippen molar-refractivity contribution >= 4 is 11.8 Å². The van der Waals surface area contributed by atoms with Gasteiger partial charge in [-0.2, -0.15) is 11.8 Å². The van der Waals surface area contributed by atoms with Gasteiger partial charge >= 0.3 is 0 Å². The average molecular weight is 247 g/mol. The van der Waals surface area contributed by atoms with E-state index in [1.807, 2.05) is 11.8 Å². The van der Waals surface area contributed by atoms with Gasteiger partial charge in [0.25, 0.3) is 0 Å². The summed E-state index contributed by atoms with van der Waals surface area (Å²) in [6.45, 7) is 9.21. The van der Waals surface area contributed by atoms with E-state index in [2.05, 4.69) is 32.3 Å². The zero-order valence-electron chi connectivity index (χ0n) is 11.5. The van der Waals surface area contributed by atoms with E-state index < -0.39 is 0 Å². The number of hydrogen-bond donors (Lipinski definition) is 1. The van der Waals surface area contributed by atoms with Gasteiger partial charge in [-0.05, 0) is 52.2 Å². The second-order valence-corrected chi connectivity index (χ2v) is 6.10. The molecule has 0 aliphatic heterocycles. The zero-order chi connectivity index (χ0) is 12.3. The fourth-order valence-corrected chi connectivity index (χ4v) is 1.90. The first kappa shape index (κ1) is 16.3. The molecule has 0 unspecified atom stereocenters. The number of rotatable bonds is 10. The van der Waals surface area contributed by atoms with Crippen molar-refractivity contribution < 1.29 is 4.74 Å². The molecular weight excluding hydrogens is 218 g/mol. The fourth-order valence-electron chi connectivity index (χ4n) is 1.40. The molecule has 0 aromatic carbocycles. The number of thioether (sulfide) groups is 1. The van der Waals surface area contributed by atoms with Crippen molar-refractivity contribution in [3.05, 3.63) is 0 Å². The highest BCUT2D eigenvalue weighted by atomic mass is 32.2. The summed E-state index contributed by atoms with van der Waals surface area (Å²) in [7, 11) is 0. The average Bonchev–Trinajstić information content (AvgIpc) is 2.19. The van der Waals surface area contributed by atoms with E-state index in [1.165, 1.54) is 31.4 Å². The summed E-state index contributed by atoms with van der Waals surface area (Å²) in [6.07, 6.45) is 7.57. The fraction of sp³-hybridized carbons (Fsp3) is 1.00. The molecule has 0 spiro atoms. The topological polar surface area (TPSA) is 21.3 Å².